The van der Waals surface area contributed by atoms with Crippen molar-refractivity contribution < 1.29 is 17.9 Å². The Hall–Kier alpha value is -1.07. The number of halogens is 3. The maximum absolute atomic E-state index is 12.4. The highest BCUT2D eigenvalue weighted by Gasteiger charge is 2.37. The summed E-state index contributed by atoms with van der Waals surface area (Å²) in [4.78, 5) is 0. The highest BCUT2D eigenvalue weighted by molar-refractivity contribution is 5.31. The third-order valence-electron chi connectivity index (χ3n) is 3.26. The first-order valence-corrected chi connectivity index (χ1v) is 6.18. The van der Waals surface area contributed by atoms with Gasteiger partial charge in [0.2, 0.25) is 0 Å². The van der Waals surface area contributed by atoms with E-state index < -0.39 is 12.3 Å². The first-order chi connectivity index (χ1) is 8.75. The summed E-state index contributed by atoms with van der Waals surface area (Å²) in [6.07, 6.45) is -6.07. The molecule has 0 spiro atoms. The zero-order chi connectivity index (χ0) is 14.6. The third kappa shape index (κ3) is 4.51. The summed E-state index contributed by atoms with van der Waals surface area (Å²) >= 11 is 0. The molecule has 5 heteroatoms. The quantitative estimate of drug-likeness (QED) is 0.887. The van der Waals surface area contributed by atoms with E-state index in [1.54, 1.807) is 7.05 Å². The Balaban J connectivity index is 2.70. The molecule has 2 unspecified atom stereocenters. The molecule has 108 valence electrons. The second-order valence-corrected chi connectivity index (χ2v) is 4.70. The standard InChI is InChI=1S/C14H20F3NO/c1-9-5-6-12(7-10(9)2)13(18-4)8-19-11(3)14(15,16)17/h5-7,11,13,18H,8H2,1-4H3. The Bertz CT molecular complexity index is 418. The molecule has 0 saturated carbocycles. The van der Waals surface area contributed by atoms with E-state index >= 15 is 0 Å². The van der Waals surface area contributed by atoms with Crippen LogP contribution in [0.2, 0.25) is 0 Å². The Labute approximate surface area is 112 Å². The van der Waals surface area contributed by atoms with Crippen LogP contribution in [-0.4, -0.2) is 25.9 Å². The van der Waals surface area contributed by atoms with Crippen LogP contribution in [0.15, 0.2) is 18.2 Å². The van der Waals surface area contributed by atoms with Gasteiger partial charge in [-0.15, -0.1) is 0 Å². The average Bonchev–Trinajstić information content (AvgIpc) is 2.32. The van der Waals surface area contributed by atoms with Crippen molar-refractivity contribution in [3.8, 4) is 0 Å². The fourth-order valence-electron chi connectivity index (χ4n) is 1.66. The average molecular weight is 275 g/mol. The molecule has 0 aromatic heterocycles. The molecule has 0 saturated heterocycles. The molecule has 0 bridgehead atoms. The number of hydrogen-bond acceptors (Lipinski definition) is 2. The van der Waals surface area contributed by atoms with Gasteiger partial charge in [-0.3, -0.25) is 0 Å². The lowest BCUT2D eigenvalue weighted by molar-refractivity contribution is -0.215. The minimum atomic E-state index is -4.32. The van der Waals surface area contributed by atoms with E-state index in [9.17, 15) is 13.2 Å². The van der Waals surface area contributed by atoms with E-state index in [0.717, 1.165) is 23.6 Å². The van der Waals surface area contributed by atoms with Gasteiger partial charge in [-0.2, -0.15) is 13.2 Å². The van der Waals surface area contributed by atoms with Gasteiger partial charge in [-0.25, -0.2) is 0 Å². The van der Waals surface area contributed by atoms with Crippen LogP contribution in [0.25, 0.3) is 0 Å². The van der Waals surface area contributed by atoms with Crippen molar-refractivity contribution in [2.24, 2.45) is 0 Å². The highest BCUT2D eigenvalue weighted by Crippen LogP contribution is 2.24. The van der Waals surface area contributed by atoms with Gasteiger partial charge in [0.05, 0.1) is 12.6 Å². The molecule has 0 amide bonds. The summed E-state index contributed by atoms with van der Waals surface area (Å²) in [7, 11) is 1.71. The molecular weight excluding hydrogens is 255 g/mol. The zero-order valence-electron chi connectivity index (χ0n) is 11.6. The van der Waals surface area contributed by atoms with Gasteiger partial charge in [-0.1, -0.05) is 18.2 Å². The van der Waals surface area contributed by atoms with Gasteiger partial charge in [0.25, 0.3) is 0 Å². The van der Waals surface area contributed by atoms with Crippen molar-refractivity contribution in [3.63, 3.8) is 0 Å². The van der Waals surface area contributed by atoms with Crippen LogP contribution in [0, 0.1) is 13.8 Å². The van der Waals surface area contributed by atoms with E-state index in [4.69, 9.17) is 4.74 Å². The lowest BCUT2D eigenvalue weighted by Gasteiger charge is -2.22. The van der Waals surface area contributed by atoms with Crippen LogP contribution >= 0.6 is 0 Å². The number of likely N-dealkylation sites (N-methyl/N-ethyl adjacent to an activating group) is 1. The number of alkyl halides is 3. The van der Waals surface area contributed by atoms with E-state index in [-0.39, 0.29) is 12.6 Å². The summed E-state index contributed by atoms with van der Waals surface area (Å²) in [5, 5.41) is 2.98. The van der Waals surface area contributed by atoms with Crippen LogP contribution in [0.5, 0.6) is 0 Å². The topological polar surface area (TPSA) is 21.3 Å². The molecule has 0 aliphatic carbocycles. The van der Waals surface area contributed by atoms with Crippen LogP contribution in [0.1, 0.15) is 29.7 Å². The summed E-state index contributed by atoms with van der Waals surface area (Å²) in [5.74, 6) is 0. The molecule has 0 heterocycles. The van der Waals surface area contributed by atoms with Gasteiger partial charge < -0.3 is 10.1 Å². The molecule has 2 atom stereocenters. The predicted octanol–water partition coefficient (Wildman–Crippen LogP) is 3.53. The summed E-state index contributed by atoms with van der Waals surface area (Å²) in [5.41, 5.74) is 3.20. The molecule has 0 fully saturated rings. The Morgan fingerprint density at radius 1 is 1.21 bits per heavy atom. The number of aryl methyl sites for hydroxylation is 2. The predicted molar refractivity (Wildman–Crippen MR) is 69.2 cm³/mol. The minimum Gasteiger partial charge on any atom is -0.367 e. The molecule has 0 aliphatic heterocycles. The first-order valence-electron chi connectivity index (χ1n) is 6.18. The Morgan fingerprint density at radius 2 is 1.84 bits per heavy atom. The van der Waals surface area contributed by atoms with Crippen molar-refractivity contribution in [2.75, 3.05) is 13.7 Å². The fraction of sp³-hybridized carbons (Fsp3) is 0.571. The van der Waals surface area contributed by atoms with Crippen LogP contribution < -0.4 is 5.32 Å². The molecule has 0 aliphatic rings. The molecule has 19 heavy (non-hydrogen) atoms. The lowest BCUT2D eigenvalue weighted by Crippen LogP contribution is -2.32. The highest BCUT2D eigenvalue weighted by atomic mass is 19.4. The van der Waals surface area contributed by atoms with Gasteiger partial charge in [0, 0.05) is 0 Å². The third-order valence-corrected chi connectivity index (χ3v) is 3.26. The van der Waals surface area contributed by atoms with Crippen molar-refractivity contribution in [1.82, 2.24) is 5.32 Å². The second kappa shape index (κ2) is 6.39. The van der Waals surface area contributed by atoms with Gasteiger partial charge in [-0.05, 0) is 44.5 Å². The Morgan fingerprint density at radius 3 is 2.32 bits per heavy atom. The largest absolute Gasteiger partial charge is 0.414 e. The monoisotopic (exact) mass is 275 g/mol. The van der Waals surface area contributed by atoms with E-state index in [0.29, 0.717) is 0 Å². The molecule has 2 nitrogen and oxygen atoms in total. The molecule has 1 aromatic rings. The smallest absolute Gasteiger partial charge is 0.367 e. The van der Waals surface area contributed by atoms with Gasteiger partial charge >= 0.3 is 6.18 Å². The molecular formula is C14H20F3NO. The minimum absolute atomic E-state index is 0.0142. The summed E-state index contributed by atoms with van der Waals surface area (Å²) < 4.78 is 42.0. The van der Waals surface area contributed by atoms with Gasteiger partial charge in [0.15, 0.2) is 6.10 Å². The number of benzene rings is 1. The van der Waals surface area contributed by atoms with Crippen LogP contribution in [-0.2, 0) is 4.74 Å². The number of hydrogen-bond donors (Lipinski definition) is 1. The lowest BCUT2D eigenvalue weighted by atomic mass is 10.0. The van der Waals surface area contributed by atoms with Crippen LogP contribution in [0.4, 0.5) is 13.2 Å². The summed E-state index contributed by atoms with van der Waals surface area (Å²) in [6, 6.07) is 5.59. The maximum atomic E-state index is 12.4. The van der Waals surface area contributed by atoms with Crippen molar-refractivity contribution >= 4 is 0 Å². The van der Waals surface area contributed by atoms with Crippen LogP contribution in [0.3, 0.4) is 0 Å². The van der Waals surface area contributed by atoms with Crippen molar-refractivity contribution in [2.45, 2.75) is 39.1 Å². The van der Waals surface area contributed by atoms with E-state index in [2.05, 4.69) is 5.32 Å². The number of ether oxygens (including phenoxy) is 1. The number of nitrogens with one attached hydrogen (secondary N) is 1. The first kappa shape index (κ1) is 16.0. The van der Waals surface area contributed by atoms with E-state index in [1.807, 2.05) is 32.0 Å². The van der Waals surface area contributed by atoms with E-state index in [1.165, 1.54) is 0 Å². The Kier molecular flexibility index (Phi) is 5.38. The molecule has 1 aromatic carbocycles. The fourth-order valence-corrected chi connectivity index (χ4v) is 1.66. The maximum Gasteiger partial charge on any atom is 0.414 e. The van der Waals surface area contributed by atoms with Gasteiger partial charge in [0.1, 0.15) is 0 Å². The van der Waals surface area contributed by atoms with Crippen molar-refractivity contribution in [1.29, 1.82) is 0 Å². The SMILES string of the molecule is CNC(COC(C)C(F)(F)F)c1ccc(C)c(C)c1. The number of rotatable bonds is 5. The summed E-state index contributed by atoms with van der Waals surface area (Å²) in [6.45, 7) is 4.98. The second-order valence-electron chi connectivity index (χ2n) is 4.70. The molecule has 0 radical (unpaired) electrons. The molecule has 1 rings (SSSR count). The zero-order valence-corrected chi connectivity index (χ0v) is 11.6. The normalized spacial score (nSPS) is 15.3. The molecule has 1 N–H and O–H groups in total. The van der Waals surface area contributed by atoms with Crippen molar-refractivity contribution in [3.05, 3.63) is 34.9 Å².